The largest absolute Gasteiger partial charge is 0.493 e. The van der Waals surface area contributed by atoms with Gasteiger partial charge in [-0.2, -0.15) is 0 Å². The van der Waals surface area contributed by atoms with Crippen molar-refractivity contribution in [1.82, 2.24) is 9.88 Å². The lowest BCUT2D eigenvalue weighted by atomic mass is 10.0. The van der Waals surface area contributed by atoms with E-state index in [9.17, 15) is 9.59 Å². The first-order valence-electron chi connectivity index (χ1n) is 11.2. The number of fused-ring (bicyclic) bond motifs is 1. The predicted molar refractivity (Wildman–Crippen MR) is 131 cm³/mol. The van der Waals surface area contributed by atoms with Gasteiger partial charge in [-0.25, -0.2) is 0 Å². The Labute approximate surface area is 199 Å². The molecule has 0 radical (unpaired) electrons. The third kappa shape index (κ3) is 5.51. The molecule has 8 nitrogen and oxygen atoms in total. The summed E-state index contributed by atoms with van der Waals surface area (Å²) in [5, 5.41) is 3.87. The number of aromatic nitrogens is 1. The zero-order valence-corrected chi connectivity index (χ0v) is 20.4. The van der Waals surface area contributed by atoms with E-state index in [2.05, 4.69) is 5.32 Å². The number of hydrogen-bond donors (Lipinski definition) is 1. The maximum atomic E-state index is 13.3. The van der Waals surface area contributed by atoms with Crippen LogP contribution in [-0.2, 0) is 17.8 Å². The van der Waals surface area contributed by atoms with Gasteiger partial charge in [0.2, 0.25) is 0 Å². The number of carbonyl (C=O) groups excluding carboxylic acids is 1. The smallest absolute Gasteiger partial charge is 0.258 e. The number of nitrogens with one attached hydrogen (secondary N) is 1. The van der Waals surface area contributed by atoms with E-state index >= 15 is 0 Å². The number of aryl methyl sites for hydroxylation is 2. The Morgan fingerprint density at radius 2 is 1.68 bits per heavy atom. The van der Waals surface area contributed by atoms with E-state index < -0.39 is 0 Å². The molecule has 34 heavy (non-hydrogen) atoms. The molecule has 0 aliphatic carbocycles. The van der Waals surface area contributed by atoms with Gasteiger partial charge in [-0.3, -0.25) is 9.59 Å². The van der Waals surface area contributed by atoms with E-state index in [1.54, 1.807) is 25.4 Å². The number of carbonyl (C=O) groups is 1. The first kappa shape index (κ1) is 25.1. The van der Waals surface area contributed by atoms with Crippen LogP contribution in [0.15, 0.2) is 41.3 Å². The molecule has 0 aliphatic rings. The third-order valence-electron chi connectivity index (χ3n) is 5.59. The van der Waals surface area contributed by atoms with E-state index in [0.717, 1.165) is 23.3 Å². The Morgan fingerprint density at radius 3 is 2.32 bits per heavy atom. The number of methoxy groups -OCH3 is 3. The molecular formula is C26H32N2O6. The first-order chi connectivity index (χ1) is 16.4. The fraction of sp³-hybridized carbons (Fsp3) is 0.385. The maximum Gasteiger partial charge on any atom is 0.258 e. The normalized spacial score (nSPS) is 10.9. The number of amides is 1. The highest BCUT2D eigenvalue weighted by Crippen LogP contribution is 2.32. The van der Waals surface area contributed by atoms with Crippen LogP contribution in [0.5, 0.6) is 17.2 Å². The lowest BCUT2D eigenvalue weighted by Crippen LogP contribution is -2.27. The van der Waals surface area contributed by atoms with Crippen LogP contribution in [0.2, 0.25) is 0 Å². The predicted octanol–water partition coefficient (Wildman–Crippen LogP) is 3.69. The molecule has 0 spiro atoms. The van der Waals surface area contributed by atoms with Gasteiger partial charge in [-0.05, 0) is 37.6 Å². The summed E-state index contributed by atoms with van der Waals surface area (Å²) < 4.78 is 23.3. The molecule has 1 amide bonds. The van der Waals surface area contributed by atoms with Crippen molar-refractivity contribution in [3.05, 3.63) is 63.6 Å². The minimum absolute atomic E-state index is 0.194. The topological polar surface area (TPSA) is 88.0 Å². The van der Waals surface area contributed by atoms with E-state index in [0.29, 0.717) is 47.6 Å². The van der Waals surface area contributed by atoms with Crippen LogP contribution >= 0.6 is 0 Å². The molecule has 0 aliphatic heterocycles. The summed E-state index contributed by atoms with van der Waals surface area (Å²) in [5.41, 5.74) is 2.12. The number of benzene rings is 2. The van der Waals surface area contributed by atoms with Gasteiger partial charge in [0, 0.05) is 50.4 Å². The van der Waals surface area contributed by atoms with Crippen LogP contribution in [0.4, 0.5) is 0 Å². The summed E-state index contributed by atoms with van der Waals surface area (Å²) in [6, 6.07) is 9.16. The van der Waals surface area contributed by atoms with Crippen LogP contribution in [-0.4, -0.2) is 45.0 Å². The lowest BCUT2D eigenvalue weighted by molar-refractivity contribution is 0.0951. The highest BCUT2D eigenvalue weighted by molar-refractivity contribution is 6.07. The highest BCUT2D eigenvalue weighted by Gasteiger charge is 2.18. The molecule has 0 fully saturated rings. The van der Waals surface area contributed by atoms with Crippen molar-refractivity contribution in [2.45, 2.75) is 33.4 Å². The van der Waals surface area contributed by atoms with Crippen LogP contribution in [0, 0.1) is 6.92 Å². The van der Waals surface area contributed by atoms with Crippen LogP contribution in [0.1, 0.15) is 34.8 Å². The molecule has 1 aromatic heterocycles. The summed E-state index contributed by atoms with van der Waals surface area (Å²) in [6.45, 7) is 5.69. The van der Waals surface area contributed by atoms with Crippen molar-refractivity contribution in [1.29, 1.82) is 0 Å². The molecule has 8 heteroatoms. The van der Waals surface area contributed by atoms with E-state index in [4.69, 9.17) is 18.9 Å². The van der Waals surface area contributed by atoms with Crippen molar-refractivity contribution in [3.8, 4) is 17.2 Å². The second kappa shape index (κ2) is 11.6. The number of rotatable bonds is 11. The Bertz CT molecular complexity index is 1220. The minimum Gasteiger partial charge on any atom is -0.493 e. The van der Waals surface area contributed by atoms with E-state index in [1.165, 1.54) is 18.8 Å². The lowest BCUT2D eigenvalue weighted by Gasteiger charge is -2.16. The Morgan fingerprint density at radius 1 is 0.971 bits per heavy atom. The second-order valence-corrected chi connectivity index (χ2v) is 7.88. The van der Waals surface area contributed by atoms with Gasteiger partial charge in [-0.15, -0.1) is 0 Å². The zero-order valence-electron chi connectivity index (χ0n) is 20.4. The summed E-state index contributed by atoms with van der Waals surface area (Å²) in [4.78, 5) is 26.2. The summed E-state index contributed by atoms with van der Waals surface area (Å²) >= 11 is 0. The van der Waals surface area contributed by atoms with Gasteiger partial charge in [0.1, 0.15) is 5.75 Å². The van der Waals surface area contributed by atoms with Gasteiger partial charge >= 0.3 is 0 Å². The van der Waals surface area contributed by atoms with Crippen molar-refractivity contribution >= 4 is 16.7 Å². The average molecular weight is 469 g/mol. The Kier molecular flexibility index (Phi) is 8.54. The van der Waals surface area contributed by atoms with Gasteiger partial charge in [0.25, 0.3) is 11.5 Å². The van der Waals surface area contributed by atoms with E-state index in [-0.39, 0.29) is 18.0 Å². The zero-order chi connectivity index (χ0) is 24.7. The fourth-order valence-electron chi connectivity index (χ4n) is 3.73. The molecule has 2 aromatic carbocycles. The number of ether oxygens (including phenoxy) is 4. The summed E-state index contributed by atoms with van der Waals surface area (Å²) in [7, 11) is 4.68. The van der Waals surface area contributed by atoms with Gasteiger partial charge in [-0.1, -0.05) is 12.1 Å². The SMILES string of the molecule is CCn1cc(C(=O)NCc2ccc(C)cc2OCCCOC)c2cc(OC)c(OC)cc2c1=O. The summed E-state index contributed by atoms with van der Waals surface area (Å²) in [5.74, 6) is 1.31. The Hall–Kier alpha value is -3.52. The van der Waals surface area contributed by atoms with Crippen LogP contribution < -0.4 is 25.1 Å². The maximum absolute atomic E-state index is 13.3. The van der Waals surface area contributed by atoms with Gasteiger partial charge in [0.05, 0.1) is 31.8 Å². The van der Waals surface area contributed by atoms with Crippen molar-refractivity contribution in [2.24, 2.45) is 0 Å². The molecule has 0 saturated carbocycles. The standard InChI is InChI=1S/C26H32N2O6/c1-6-28-16-21(19-13-23(32-4)24(33-5)14-20(19)26(28)30)25(29)27-15-18-9-8-17(2)12-22(18)34-11-7-10-31-3/h8-9,12-14,16H,6-7,10-11,15H2,1-5H3,(H,27,29). The quantitative estimate of drug-likeness (QED) is 0.432. The highest BCUT2D eigenvalue weighted by atomic mass is 16.5. The molecule has 0 atom stereocenters. The van der Waals surface area contributed by atoms with Crippen LogP contribution in [0.3, 0.4) is 0 Å². The number of hydrogen-bond acceptors (Lipinski definition) is 6. The fourth-order valence-corrected chi connectivity index (χ4v) is 3.73. The first-order valence-corrected chi connectivity index (χ1v) is 11.2. The van der Waals surface area contributed by atoms with Crippen molar-refractivity contribution in [2.75, 3.05) is 34.5 Å². The minimum atomic E-state index is -0.301. The molecule has 1 heterocycles. The van der Waals surface area contributed by atoms with Crippen LogP contribution in [0.25, 0.3) is 10.8 Å². The molecule has 0 bridgehead atoms. The molecule has 3 rings (SSSR count). The second-order valence-electron chi connectivity index (χ2n) is 7.88. The molecule has 3 aromatic rings. The average Bonchev–Trinajstić information content (AvgIpc) is 2.85. The van der Waals surface area contributed by atoms with Crippen molar-refractivity contribution in [3.63, 3.8) is 0 Å². The van der Waals surface area contributed by atoms with E-state index in [1.807, 2.05) is 32.0 Å². The molecule has 1 N–H and O–H groups in total. The van der Waals surface area contributed by atoms with Gasteiger partial charge < -0.3 is 28.8 Å². The molecule has 0 unspecified atom stereocenters. The monoisotopic (exact) mass is 468 g/mol. The van der Waals surface area contributed by atoms with Crippen molar-refractivity contribution < 1.29 is 23.7 Å². The molecule has 182 valence electrons. The molecule has 0 saturated heterocycles. The van der Waals surface area contributed by atoms with Gasteiger partial charge in [0.15, 0.2) is 11.5 Å². The number of nitrogens with zero attached hydrogens (tertiary/aromatic N) is 1. The Balaban J connectivity index is 1.92. The third-order valence-corrected chi connectivity index (χ3v) is 5.59. The number of pyridine rings is 1. The summed E-state index contributed by atoms with van der Waals surface area (Å²) in [6.07, 6.45) is 2.36. The molecular weight excluding hydrogens is 436 g/mol.